The van der Waals surface area contributed by atoms with E-state index in [1.165, 1.54) is 45.3 Å². The number of hydrogen-bond donors (Lipinski definition) is 3. The van der Waals surface area contributed by atoms with Crippen molar-refractivity contribution in [2.45, 2.75) is 44.7 Å². The summed E-state index contributed by atoms with van der Waals surface area (Å²) < 4.78 is 31.7. The number of aliphatic carboxylic acids is 1. The molecule has 2 aromatic carbocycles. The zero-order valence-corrected chi connectivity index (χ0v) is 21.6. The Kier molecular flexibility index (Phi) is 10.7. The second-order valence-electron chi connectivity index (χ2n) is 9.78. The number of nitrogens with zero attached hydrogens (tertiary/aromatic N) is 2. The van der Waals surface area contributed by atoms with Crippen molar-refractivity contribution < 1.29 is 37.8 Å². The Labute approximate surface area is 225 Å². The maximum absolute atomic E-state index is 12.4. The normalized spacial score (nSPS) is 16.6. The van der Waals surface area contributed by atoms with Gasteiger partial charge in [0, 0.05) is 24.3 Å². The predicted molar refractivity (Wildman–Crippen MR) is 141 cm³/mol. The molecule has 1 amide bonds. The standard InChI is InChI=1S/C26H33N3O3.C2HF3O2/c30-25(21-7-3-1-4-8-21)27-22-9-10-24(23(19-22)26(31)32)29-17-12-20(13-18-29)11-16-28-14-5-2-6-15-28;3-2(4,5)1(6)7/h1,3-4,7-10,19-20H,2,5-6,11-18H2,(H,27,30)(H,31,32);(H,6,7). The predicted octanol–water partition coefficient (Wildman–Crippen LogP) is 5.36. The summed E-state index contributed by atoms with van der Waals surface area (Å²) in [4.78, 5) is 38.1. The monoisotopic (exact) mass is 549 g/mol. The Hall–Kier alpha value is -3.60. The van der Waals surface area contributed by atoms with Crippen LogP contribution in [0.15, 0.2) is 48.5 Å². The van der Waals surface area contributed by atoms with Crippen LogP contribution in [0.5, 0.6) is 0 Å². The van der Waals surface area contributed by atoms with Crippen molar-refractivity contribution in [3.8, 4) is 0 Å². The molecule has 39 heavy (non-hydrogen) atoms. The van der Waals surface area contributed by atoms with E-state index in [9.17, 15) is 27.9 Å². The number of alkyl halides is 3. The number of amides is 1. The zero-order valence-electron chi connectivity index (χ0n) is 21.6. The smallest absolute Gasteiger partial charge is 0.478 e. The molecule has 8 nitrogen and oxygen atoms in total. The Bertz CT molecular complexity index is 1110. The summed E-state index contributed by atoms with van der Waals surface area (Å²) in [5, 5.41) is 19.7. The quantitative estimate of drug-likeness (QED) is 0.426. The molecular weight excluding hydrogens is 515 g/mol. The maximum Gasteiger partial charge on any atom is 0.490 e. The van der Waals surface area contributed by atoms with E-state index in [0.717, 1.165) is 31.6 Å². The summed E-state index contributed by atoms with van der Waals surface area (Å²) in [7, 11) is 0. The Morgan fingerprint density at radius 1 is 0.897 bits per heavy atom. The average molecular weight is 550 g/mol. The zero-order chi connectivity index (χ0) is 28.4. The van der Waals surface area contributed by atoms with Crippen molar-refractivity contribution in [2.24, 2.45) is 5.92 Å². The molecule has 0 aliphatic carbocycles. The van der Waals surface area contributed by atoms with E-state index in [1.807, 2.05) is 12.1 Å². The Morgan fingerprint density at radius 3 is 2.08 bits per heavy atom. The lowest BCUT2D eigenvalue weighted by Gasteiger charge is -2.35. The molecule has 4 rings (SSSR count). The van der Waals surface area contributed by atoms with Crippen LogP contribution in [0, 0.1) is 5.92 Å². The summed E-state index contributed by atoms with van der Waals surface area (Å²) in [6, 6.07) is 14.1. The molecule has 0 radical (unpaired) electrons. The summed E-state index contributed by atoms with van der Waals surface area (Å²) in [5.74, 6) is -3.26. The van der Waals surface area contributed by atoms with Gasteiger partial charge in [-0.1, -0.05) is 24.6 Å². The molecule has 0 aromatic heterocycles. The number of carbonyl (C=O) groups is 3. The second-order valence-corrected chi connectivity index (χ2v) is 9.78. The molecular formula is C28H34F3N3O5. The van der Waals surface area contributed by atoms with Crippen molar-refractivity contribution in [3.05, 3.63) is 59.7 Å². The summed E-state index contributed by atoms with van der Waals surface area (Å²) >= 11 is 0. The lowest BCUT2D eigenvalue weighted by molar-refractivity contribution is -0.192. The molecule has 3 N–H and O–H groups in total. The minimum Gasteiger partial charge on any atom is -0.478 e. The van der Waals surface area contributed by atoms with Crippen LogP contribution in [-0.2, 0) is 4.79 Å². The van der Waals surface area contributed by atoms with Gasteiger partial charge in [0.05, 0.1) is 11.3 Å². The van der Waals surface area contributed by atoms with E-state index in [-0.39, 0.29) is 11.5 Å². The molecule has 2 fully saturated rings. The molecule has 2 aliphatic heterocycles. The van der Waals surface area contributed by atoms with Crippen molar-refractivity contribution in [2.75, 3.05) is 42.9 Å². The van der Waals surface area contributed by atoms with Gasteiger partial charge in [-0.3, -0.25) is 4.79 Å². The molecule has 11 heteroatoms. The molecule has 0 bridgehead atoms. The number of likely N-dealkylation sites (tertiary alicyclic amines) is 1. The Balaban J connectivity index is 0.000000532. The molecule has 0 spiro atoms. The number of carboxylic acids is 2. The van der Waals surface area contributed by atoms with Crippen LogP contribution in [-0.4, -0.2) is 71.9 Å². The molecule has 0 saturated carbocycles. The molecule has 212 valence electrons. The van der Waals surface area contributed by atoms with Gasteiger partial charge in [-0.15, -0.1) is 0 Å². The van der Waals surface area contributed by atoms with E-state index in [4.69, 9.17) is 9.90 Å². The van der Waals surface area contributed by atoms with E-state index in [0.29, 0.717) is 17.2 Å². The van der Waals surface area contributed by atoms with Crippen molar-refractivity contribution in [1.82, 2.24) is 4.90 Å². The summed E-state index contributed by atoms with van der Waals surface area (Å²) in [6.07, 6.45) is 2.38. The molecule has 0 unspecified atom stereocenters. The van der Waals surface area contributed by atoms with Crippen LogP contribution < -0.4 is 10.2 Å². The number of carboxylic acid groups (broad SMARTS) is 2. The Morgan fingerprint density at radius 2 is 1.51 bits per heavy atom. The van der Waals surface area contributed by atoms with Gasteiger partial charge in [0.2, 0.25) is 0 Å². The van der Waals surface area contributed by atoms with Crippen molar-refractivity contribution in [3.63, 3.8) is 0 Å². The van der Waals surface area contributed by atoms with Gasteiger partial charge in [-0.2, -0.15) is 13.2 Å². The third kappa shape index (κ3) is 9.27. The average Bonchev–Trinajstić information content (AvgIpc) is 2.93. The number of piperidine rings is 2. The highest BCUT2D eigenvalue weighted by Crippen LogP contribution is 2.30. The molecule has 2 aromatic rings. The highest BCUT2D eigenvalue weighted by atomic mass is 19.4. The third-order valence-corrected chi connectivity index (χ3v) is 7.02. The van der Waals surface area contributed by atoms with Gasteiger partial charge in [-0.05, 0) is 88.0 Å². The second kappa shape index (κ2) is 14.0. The minimum absolute atomic E-state index is 0.239. The topological polar surface area (TPSA) is 110 Å². The lowest BCUT2D eigenvalue weighted by Crippen LogP contribution is -2.37. The molecule has 0 atom stereocenters. The maximum atomic E-state index is 12.4. The van der Waals surface area contributed by atoms with E-state index in [1.54, 1.807) is 36.4 Å². The first-order chi connectivity index (χ1) is 18.5. The van der Waals surface area contributed by atoms with Gasteiger partial charge in [0.15, 0.2) is 0 Å². The first-order valence-electron chi connectivity index (χ1n) is 13.1. The fraction of sp³-hybridized carbons (Fsp3) is 0.464. The lowest BCUT2D eigenvalue weighted by atomic mass is 9.92. The first kappa shape index (κ1) is 29.9. The van der Waals surface area contributed by atoms with Crippen molar-refractivity contribution >= 4 is 29.2 Å². The highest BCUT2D eigenvalue weighted by Gasteiger charge is 2.38. The summed E-state index contributed by atoms with van der Waals surface area (Å²) in [6.45, 7) is 5.43. The number of anilines is 2. The van der Waals surface area contributed by atoms with Crippen LogP contribution in [0.2, 0.25) is 0 Å². The first-order valence-corrected chi connectivity index (χ1v) is 13.1. The molecule has 2 saturated heterocycles. The van der Waals surface area contributed by atoms with Crippen LogP contribution in [0.4, 0.5) is 24.5 Å². The number of aromatic carboxylic acids is 1. The van der Waals surface area contributed by atoms with E-state index in [2.05, 4.69) is 15.1 Å². The van der Waals surface area contributed by atoms with E-state index < -0.39 is 18.1 Å². The van der Waals surface area contributed by atoms with Crippen LogP contribution in [0.25, 0.3) is 0 Å². The van der Waals surface area contributed by atoms with Crippen LogP contribution >= 0.6 is 0 Å². The van der Waals surface area contributed by atoms with Crippen LogP contribution in [0.3, 0.4) is 0 Å². The number of halogens is 3. The van der Waals surface area contributed by atoms with E-state index >= 15 is 0 Å². The molecule has 2 aliphatic rings. The van der Waals surface area contributed by atoms with Gasteiger partial charge < -0.3 is 25.3 Å². The third-order valence-electron chi connectivity index (χ3n) is 7.02. The number of hydrogen-bond acceptors (Lipinski definition) is 5. The fourth-order valence-electron chi connectivity index (χ4n) is 4.86. The van der Waals surface area contributed by atoms with Gasteiger partial charge >= 0.3 is 18.1 Å². The summed E-state index contributed by atoms with van der Waals surface area (Å²) in [5.41, 5.74) is 2.02. The highest BCUT2D eigenvalue weighted by molar-refractivity contribution is 6.05. The number of rotatable bonds is 7. The SMILES string of the molecule is O=C(Nc1ccc(N2CCC(CCN3CCCCC3)CC2)c(C(=O)O)c1)c1ccccc1.O=C(O)C(F)(F)F. The fourth-order valence-corrected chi connectivity index (χ4v) is 4.86. The van der Waals surface area contributed by atoms with Crippen LogP contribution in [0.1, 0.15) is 59.2 Å². The largest absolute Gasteiger partial charge is 0.490 e. The number of carbonyl (C=O) groups excluding carboxylic acids is 1. The van der Waals surface area contributed by atoms with Gasteiger partial charge in [0.1, 0.15) is 0 Å². The van der Waals surface area contributed by atoms with Crippen molar-refractivity contribution in [1.29, 1.82) is 0 Å². The number of nitrogens with one attached hydrogen (secondary N) is 1. The number of benzene rings is 2. The van der Waals surface area contributed by atoms with Gasteiger partial charge in [-0.25, -0.2) is 9.59 Å². The van der Waals surface area contributed by atoms with Gasteiger partial charge in [0.25, 0.3) is 5.91 Å². The molecule has 2 heterocycles. The minimum atomic E-state index is -5.08.